The number of allylic oxidation sites excluding steroid dienone is 2. The van der Waals surface area contributed by atoms with Gasteiger partial charge in [-0.25, -0.2) is 17.6 Å². The molecule has 1 aromatic rings. The number of nitrogens with one attached hydrogen (secondary N) is 1. The lowest BCUT2D eigenvalue weighted by Crippen LogP contribution is -2.06. The Morgan fingerprint density at radius 1 is 1.05 bits per heavy atom. The number of nitriles is 3. The van der Waals surface area contributed by atoms with Gasteiger partial charge in [-0.2, -0.15) is 15.8 Å². The van der Waals surface area contributed by atoms with E-state index in [1.165, 1.54) is 18.2 Å². The van der Waals surface area contributed by atoms with Crippen LogP contribution in [0.3, 0.4) is 0 Å². The van der Waals surface area contributed by atoms with Gasteiger partial charge in [0, 0.05) is 0 Å². The number of nitrogens with zero attached hydrogens (tertiary/aromatic N) is 3. The Balaban J connectivity index is 3.36. The second-order valence-corrected chi connectivity index (χ2v) is 3.33. The lowest BCUT2D eigenvalue weighted by Gasteiger charge is -2.10. The zero-order valence-corrected chi connectivity index (χ0v) is 9.59. The standard InChI is InChI=1S/C12H4F4N4/c13-7-1-2-8(11(14)10(7)12(15)16)20-9(5-19)6(3-17)4-18/h1-2,12,20H. The molecule has 1 rings (SSSR count). The van der Waals surface area contributed by atoms with Crippen molar-refractivity contribution in [3.63, 3.8) is 0 Å². The van der Waals surface area contributed by atoms with E-state index in [9.17, 15) is 17.6 Å². The van der Waals surface area contributed by atoms with Crippen molar-refractivity contribution in [2.24, 2.45) is 0 Å². The second kappa shape index (κ2) is 6.21. The summed E-state index contributed by atoms with van der Waals surface area (Å²) >= 11 is 0. The minimum absolute atomic E-state index is 0.584. The Hall–Kier alpha value is -3.05. The number of halogens is 4. The van der Waals surface area contributed by atoms with Crippen LogP contribution >= 0.6 is 0 Å². The van der Waals surface area contributed by atoms with Crippen LogP contribution in [0.4, 0.5) is 23.2 Å². The molecule has 0 aromatic heterocycles. The molecule has 0 saturated heterocycles. The highest BCUT2D eigenvalue weighted by Gasteiger charge is 2.22. The second-order valence-electron chi connectivity index (χ2n) is 3.33. The van der Waals surface area contributed by atoms with Gasteiger partial charge in [-0.3, -0.25) is 0 Å². The first-order chi connectivity index (χ1) is 9.46. The van der Waals surface area contributed by atoms with Crippen molar-refractivity contribution < 1.29 is 17.6 Å². The molecule has 4 nitrogen and oxygen atoms in total. The topological polar surface area (TPSA) is 83.4 Å². The Morgan fingerprint density at radius 2 is 1.65 bits per heavy atom. The molecule has 0 fully saturated rings. The van der Waals surface area contributed by atoms with Crippen molar-refractivity contribution in [1.29, 1.82) is 15.8 Å². The van der Waals surface area contributed by atoms with E-state index in [1.807, 2.05) is 5.32 Å². The van der Waals surface area contributed by atoms with Crippen molar-refractivity contribution in [2.45, 2.75) is 6.43 Å². The lowest BCUT2D eigenvalue weighted by atomic mass is 10.1. The largest absolute Gasteiger partial charge is 0.343 e. The summed E-state index contributed by atoms with van der Waals surface area (Å²) in [4.78, 5) is 0. The van der Waals surface area contributed by atoms with E-state index in [1.54, 1.807) is 0 Å². The van der Waals surface area contributed by atoms with Crippen LogP contribution in [0.15, 0.2) is 23.4 Å². The molecule has 0 bridgehead atoms. The fourth-order valence-electron chi connectivity index (χ4n) is 1.28. The van der Waals surface area contributed by atoms with Crippen molar-refractivity contribution in [3.8, 4) is 18.2 Å². The summed E-state index contributed by atoms with van der Waals surface area (Å²) in [5, 5.41) is 27.9. The van der Waals surface area contributed by atoms with Gasteiger partial charge in [0.15, 0.2) is 11.4 Å². The van der Waals surface area contributed by atoms with E-state index in [0.29, 0.717) is 6.07 Å². The molecule has 0 unspecified atom stereocenters. The number of anilines is 1. The summed E-state index contributed by atoms with van der Waals surface area (Å²) < 4.78 is 51.7. The summed E-state index contributed by atoms with van der Waals surface area (Å²) in [6.07, 6.45) is -3.39. The number of alkyl halides is 2. The molecule has 1 N–H and O–H groups in total. The molecular weight excluding hydrogens is 276 g/mol. The number of hydrogen-bond acceptors (Lipinski definition) is 4. The predicted molar refractivity (Wildman–Crippen MR) is 58.8 cm³/mol. The van der Waals surface area contributed by atoms with E-state index in [2.05, 4.69) is 0 Å². The molecule has 0 heterocycles. The quantitative estimate of drug-likeness (QED) is 0.681. The first kappa shape index (κ1) is 15.0. The van der Waals surface area contributed by atoms with Crippen LogP contribution in [-0.2, 0) is 0 Å². The summed E-state index contributed by atoms with van der Waals surface area (Å²) in [6.45, 7) is 0. The third kappa shape index (κ3) is 2.85. The molecule has 100 valence electrons. The maximum Gasteiger partial charge on any atom is 0.269 e. The highest BCUT2D eigenvalue weighted by atomic mass is 19.3. The molecule has 0 radical (unpaired) electrons. The van der Waals surface area contributed by atoms with Crippen molar-refractivity contribution >= 4 is 5.69 Å². The van der Waals surface area contributed by atoms with Crippen LogP contribution in [0.2, 0.25) is 0 Å². The van der Waals surface area contributed by atoms with Crippen LogP contribution in [-0.4, -0.2) is 0 Å². The zero-order chi connectivity index (χ0) is 15.3. The lowest BCUT2D eigenvalue weighted by molar-refractivity contribution is 0.141. The SMILES string of the molecule is N#CC(C#N)=C(C#N)Nc1ccc(F)c(C(F)F)c1F. The first-order valence-electron chi connectivity index (χ1n) is 4.93. The van der Waals surface area contributed by atoms with Gasteiger partial charge in [0.1, 0.15) is 29.7 Å². The predicted octanol–water partition coefficient (Wildman–Crippen LogP) is 3.14. The van der Waals surface area contributed by atoms with Crippen LogP contribution in [0.1, 0.15) is 12.0 Å². The molecule has 20 heavy (non-hydrogen) atoms. The molecule has 0 saturated carbocycles. The fourth-order valence-corrected chi connectivity index (χ4v) is 1.28. The number of benzene rings is 1. The van der Waals surface area contributed by atoms with E-state index in [4.69, 9.17) is 15.8 Å². The maximum atomic E-state index is 13.7. The molecular formula is C12H4F4N4. The molecule has 0 aliphatic rings. The molecule has 0 atom stereocenters. The molecule has 0 spiro atoms. The molecule has 1 aromatic carbocycles. The Kier molecular flexibility index (Phi) is 4.66. The summed E-state index contributed by atoms with van der Waals surface area (Å²) in [5.41, 5.74) is -3.38. The monoisotopic (exact) mass is 280 g/mol. The third-order valence-corrected chi connectivity index (χ3v) is 2.19. The molecule has 0 aliphatic heterocycles. The van der Waals surface area contributed by atoms with E-state index < -0.39 is 40.6 Å². The Morgan fingerprint density at radius 3 is 2.10 bits per heavy atom. The maximum absolute atomic E-state index is 13.7. The normalized spacial score (nSPS) is 9.30. The highest BCUT2D eigenvalue weighted by Crippen LogP contribution is 2.30. The zero-order valence-electron chi connectivity index (χ0n) is 9.59. The van der Waals surface area contributed by atoms with Gasteiger partial charge in [-0.15, -0.1) is 0 Å². The summed E-state index contributed by atoms with van der Waals surface area (Å²) in [6, 6.07) is 5.54. The van der Waals surface area contributed by atoms with Gasteiger partial charge in [-0.1, -0.05) is 0 Å². The van der Waals surface area contributed by atoms with Crippen LogP contribution in [0.25, 0.3) is 0 Å². The minimum Gasteiger partial charge on any atom is -0.343 e. The summed E-state index contributed by atoms with van der Waals surface area (Å²) in [5.74, 6) is -3.03. The Bertz CT molecular complexity index is 673. The van der Waals surface area contributed by atoms with Gasteiger partial charge in [-0.05, 0) is 12.1 Å². The summed E-state index contributed by atoms with van der Waals surface area (Å²) in [7, 11) is 0. The fraction of sp³-hybridized carbons (Fsp3) is 0.0833. The molecule has 8 heteroatoms. The highest BCUT2D eigenvalue weighted by molar-refractivity contribution is 5.60. The van der Waals surface area contributed by atoms with Crippen molar-refractivity contribution in [2.75, 3.05) is 5.32 Å². The van der Waals surface area contributed by atoms with Crippen LogP contribution in [0.5, 0.6) is 0 Å². The van der Waals surface area contributed by atoms with Crippen LogP contribution < -0.4 is 5.32 Å². The average Bonchev–Trinajstić information content (AvgIpc) is 2.41. The number of hydrogen-bond donors (Lipinski definition) is 1. The number of rotatable bonds is 3. The third-order valence-electron chi connectivity index (χ3n) is 2.19. The van der Waals surface area contributed by atoms with Crippen LogP contribution in [0, 0.1) is 45.6 Å². The van der Waals surface area contributed by atoms with Gasteiger partial charge >= 0.3 is 0 Å². The average molecular weight is 280 g/mol. The van der Waals surface area contributed by atoms with E-state index >= 15 is 0 Å². The van der Waals surface area contributed by atoms with Crippen molar-refractivity contribution in [3.05, 3.63) is 40.6 Å². The molecule has 0 amide bonds. The van der Waals surface area contributed by atoms with Gasteiger partial charge in [0.25, 0.3) is 6.43 Å². The van der Waals surface area contributed by atoms with Gasteiger partial charge < -0.3 is 5.32 Å². The van der Waals surface area contributed by atoms with Gasteiger partial charge in [0.05, 0.1) is 11.3 Å². The van der Waals surface area contributed by atoms with E-state index in [-0.39, 0.29) is 0 Å². The first-order valence-corrected chi connectivity index (χ1v) is 4.93. The minimum atomic E-state index is -3.39. The Labute approximate surface area is 110 Å². The smallest absolute Gasteiger partial charge is 0.269 e. The van der Waals surface area contributed by atoms with Crippen molar-refractivity contribution in [1.82, 2.24) is 0 Å². The van der Waals surface area contributed by atoms with E-state index in [0.717, 1.165) is 6.07 Å². The van der Waals surface area contributed by atoms with Gasteiger partial charge in [0.2, 0.25) is 0 Å². The molecule has 0 aliphatic carbocycles.